The molecule has 0 bridgehead atoms. The lowest BCUT2D eigenvalue weighted by Crippen LogP contribution is -2.43. The fraction of sp³-hybridized carbons (Fsp3) is 0.533. The number of alkyl halides is 1. The van der Waals surface area contributed by atoms with Gasteiger partial charge in [0.15, 0.2) is 0 Å². The van der Waals surface area contributed by atoms with Crippen LogP contribution < -0.4 is 11.5 Å². The molecular formula is C15H23F2N3S. The Bertz CT molecular complexity index is 502. The highest BCUT2D eigenvalue weighted by Gasteiger charge is 2.37. The van der Waals surface area contributed by atoms with Gasteiger partial charge in [0, 0.05) is 11.3 Å². The normalized spacial score (nSPS) is 24.8. The number of hydrogen-bond donors (Lipinski definition) is 2. The Labute approximate surface area is 129 Å². The number of rotatable bonds is 3. The van der Waals surface area contributed by atoms with Gasteiger partial charge in [0.05, 0.1) is 18.0 Å². The van der Waals surface area contributed by atoms with Crippen molar-refractivity contribution >= 4 is 23.3 Å². The molecule has 6 heteroatoms. The van der Waals surface area contributed by atoms with Gasteiger partial charge in [-0.05, 0) is 43.7 Å². The van der Waals surface area contributed by atoms with Crippen molar-refractivity contribution in [1.82, 2.24) is 0 Å². The van der Waals surface area contributed by atoms with Gasteiger partial charge in [-0.1, -0.05) is 6.92 Å². The van der Waals surface area contributed by atoms with E-state index in [2.05, 4.69) is 11.9 Å². The average Bonchev–Trinajstić information content (AvgIpc) is 2.52. The molecule has 2 unspecified atom stereocenters. The van der Waals surface area contributed by atoms with Crippen LogP contribution in [0.5, 0.6) is 0 Å². The zero-order chi connectivity index (χ0) is 16.0. The monoisotopic (exact) mass is 315 g/mol. The standard InChI is InChI=1S/C14H20FN3S.CH3F/c1-3-14(19-2)7-6-12(18-13(14)17)10-8-9(16)4-5-11(10)15;1-2/h4-5,8,12H,3,6-7,16H2,1-2H3,(H2,17,18);1H3. The predicted octanol–water partition coefficient (Wildman–Crippen LogP) is 3.70. The second-order valence-corrected chi connectivity index (χ2v) is 6.09. The molecule has 1 aromatic carbocycles. The van der Waals surface area contributed by atoms with E-state index in [0.29, 0.717) is 24.3 Å². The predicted molar refractivity (Wildman–Crippen MR) is 88.0 cm³/mol. The fourth-order valence-electron chi connectivity index (χ4n) is 2.60. The van der Waals surface area contributed by atoms with Crippen LogP contribution in [0.2, 0.25) is 0 Å². The van der Waals surface area contributed by atoms with E-state index in [1.54, 1.807) is 23.9 Å². The van der Waals surface area contributed by atoms with Gasteiger partial charge in [-0.15, -0.1) is 0 Å². The highest BCUT2D eigenvalue weighted by atomic mass is 32.2. The number of anilines is 1. The summed E-state index contributed by atoms with van der Waals surface area (Å²) in [5.41, 5.74) is 13.0. The maximum Gasteiger partial charge on any atom is 0.128 e. The maximum atomic E-state index is 13.9. The van der Waals surface area contributed by atoms with Gasteiger partial charge in [-0.25, -0.2) is 4.39 Å². The van der Waals surface area contributed by atoms with Gasteiger partial charge in [-0.2, -0.15) is 11.8 Å². The lowest BCUT2D eigenvalue weighted by Gasteiger charge is -2.36. The summed E-state index contributed by atoms with van der Waals surface area (Å²) in [5.74, 6) is 0.365. The molecule has 0 spiro atoms. The Hall–Kier alpha value is -1.30. The minimum Gasteiger partial charge on any atom is -0.399 e. The Balaban J connectivity index is 0.00000106. The molecule has 2 rings (SSSR count). The number of halogens is 2. The minimum atomic E-state index is -0.260. The molecule has 3 nitrogen and oxygen atoms in total. The number of aliphatic imine (C=N–C) groups is 1. The van der Waals surface area contributed by atoms with E-state index in [9.17, 15) is 8.78 Å². The van der Waals surface area contributed by atoms with Crippen molar-refractivity contribution in [2.75, 3.05) is 19.2 Å². The molecule has 0 fully saturated rings. The molecule has 1 aliphatic heterocycles. The molecular weight excluding hydrogens is 292 g/mol. The molecule has 4 N–H and O–H groups in total. The van der Waals surface area contributed by atoms with Crippen molar-refractivity contribution in [3.05, 3.63) is 29.6 Å². The van der Waals surface area contributed by atoms with Crippen LogP contribution in [-0.2, 0) is 0 Å². The van der Waals surface area contributed by atoms with E-state index in [-0.39, 0.29) is 16.6 Å². The van der Waals surface area contributed by atoms with Crippen LogP contribution >= 0.6 is 11.8 Å². The van der Waals surface area contributed by atoms with Crippen LogP contribution in [0.15, 0.2) is 23.2 Å². The summed E-state index contributed by atoms with van der Waals surface area (Å²) in [6, 6.07) is 4.41. The van der Waals surface area contributed by atoms with Crippen LogP contribution in [0, 0.1) is 5.82 Å². The van der Waals surface area contributed by atoms with Crippen LogP contribution in [0.1, 0.15) is 37.8 Å². The van der Waals surface area contributed by atoms with Crippen molar-refractivity contribution in [3.8, 4) is 0 Å². The topological polar surface area (TPSA) is 64.4 Å². The van der Waals surface area contributed by atoms with Gasteiger partial charge in [0.25, 0.3) is 0 Å². The molecule has 0 aliphatic carbocycles. The third kappa shape index (κ3) is 3.67. The molecule has 1 aliphatic rings. The first kappa shape index (κ1) is 17.8. The molecule has 1 aromatic rings. The quantitative estimate of drug-likeness (QED) is 0.836. The third-order valence-electron chi connectivity index (χ3n) is 3.92. The summed E-state index contributed by atoms with van der Waals surface area (Å²) in [6.45, 7) is 2.11. The highest BCUT2D eigenvalue weighted by Crippen LogP contribution is 2.41. The molecule has 0 amide bonds. The summed E-state index contributed by atoms with van der Waals surface area (Å²) in [6.07, 6.45) is 4.71. The molecule has 0 saturated heterocycles. The SMILES string of the molecule is CCC1(SC)CCC(c2cc(N)ccc2F)N=C1N.CF. The lowest BCUT2D eigenvalue weighted by atomic mass is 9.89. The van der Waals surface area contributed by atoms with Crippen molar-refractivity contribution in [1.29, 1.82) is 0 Å². The van der Waals surface area contributed by atoms with Gasteiger partial charge >= 0.3 is 0 Å². The van der Waals surface area contributed by atoms with Gasteiger partial charge in [-0.3, -0.25) is 9.38 Å². The number of hydrogen-bond acceptors (Lipinski definition) is 4. The first-order valence-electron chi connectivity index (χ1n) is 6.84. The Kier molecular flexibility index (Phi) is 6.45. The molecule has 2 atom stereocenters. The number of amidine groups is 1. The molecule has 1 heterocycles. The zero-order valence-corrected chi connectivity index (χ0v) is 13.5. The Morgan fingerprint density at radius 3 is 2.57 bits per heavy atom. The highest BCUT2D eigenvalue weighted by molar-refractivity contribution is 8.00. The Morgan fingerprint density at radius 1 is 1.38 bits per heavy atom. The van der Waals surface area contributed by atoms with E-state index < -0.39 is 0 Å². The summed E-state index contributed by atoms with van der Waals surface area (Å²) < 4.78 is 23.3. The smallest absolute Gasteiger partial charge is 0.128 e. The van der Waals surface area contributed by atoms with Gasteiger partial charge in [0.2, 0.25) is 0 Å². The maximum absolute atomic E-state index is 13.9. The van der Waals surface area contributed by atoms with E-state index in [1.165, 1.54) is 6.07 Å². The number of thioether (sulfide) groups is 1. The van der Waals surface area contributed by atoms with Gasteiger partial charge in [0.1, 0.15) is 11.7 Å². The van der Waals surface area contributed by atoms with Crippen LogP contribution in [0.25, 0.3) is 0 Å². The van der Waals surface area contributed by atoms with Crippen molar-refractivity contribution in [3.63, 3.8) is 0 Å². The molecule has 0 aromatic heterocycles. The van der Waals surface area contributed by atoms with Crippen molar-refractivity contribution in [2.45, 2.75) is 37.0 Å². The summed E-state index contributed by atoms with van der Waals surface area (Å²) in [4.78, 5) is 4.53. The largest absolute Gasteiger partial charge is 0.399 e. The lowest BCUT2D eigenvalue weighted by molar-refractivity contribution is 0.495. The number of nitrogens with zero attached hydrogens (tertiary/aromatic N) is 1. The zero-order valence-electron chi connectivity index (χ0n) is 12.7. The molecule has 0 saturated carbocycles. The number of benzene rings is 1. The van der Waals surface area contributed by atoms with E-state index in [1.807, 2.05) is 6.26 Å². The van der Waals surface area contributed by atoms with Gasteiger partial charge < -0.3 is 11.5 Å². The molecule has 118 valence electrons. The third-order valence-corrected chi connectivity index (χ3v) is 5.41. The van der Waals surface area contributed by atoms with E-state index in [0.717, 1.165) is 19.3 Å². The number of nitrogens with two attached hydrogens (primary N) is 2. The van der Waals surface area contributed by atoms with Crippen LogP contribution in [-0.4, -0.2) is 24.0 Å². The van der Waals surface area contributed by atoms with Crippen LogP contribution in [0.3, 0.4) is 0 Å². The van der Waals surface area contributed by atoms with Crippen molar-refractivity contribution in [2.24, 2.45) is 10.7 Å². The second kappa shape index (κ2) is 7.64. The van der Waals surface area contributed by atoms with E-state index in [4.69, 9.17) is 11.5 Å². The van der Waals surface area contributed by atoms with Crippen LogP contribution in [0.4, 0.5) is 14.5 Å². The first-order valence-corrected chi connectivity index (χ1v) is 8.06. The summed E-state index contributed by atoms with van der Waals surface area (Å²) in [5, 5.41) is 0. The minimum absolute atomic E-state index is 0.0900. The Morgan fingerprint density at radius 2 is 2.05 bits per heavy atom. The van der Waals surface area contributed by atoms with Crippen molar-refractivity contribution < 1.29 is 8.78 Å². The summed E-state index contributed by atoms with van der Waals surface area (Å²) >= 11 is 1.73. The fourth-order valence-corrected chi connectivity index (χ4v) is 3.47. The molecule has 21 heavy (non-hydrogen) atoms. The average molecular weight is 315 g/mol. The number of nitrogen functional groups attached to an aromatic ring is 1. The first-order chi connectivity index (χ1) is 10.0. The second-order valence-electron chi connectivity index (χ2n) is 4.90. The molecule has 0 radical (unpaired) electrons. The van der Waals surface area contributed by atoms with E-state index >= 15 is 0 Å². The summed E-state index contributed by atoms with van der Waals surface area (Å²) in [7, 11) is 0.500.